The normalized spacial score (nSPS) is 12.0. The van der Waals surface area contributed by atoms with Crippen molar-refractivity contribution in [3.63, 3.8) is 0 Å². The van der Waals surface area contributed by atoms with Gasteiger partial charge in [0.15, 0.2) is 5.16 Å². The van der Waals surface area contributed by atoms with Crippen LogP contribution in [0.5, 0.6) is 0 Å². The molecular weight excluding hydrogens is 394 g/mol. The first-order valence-electron chi connectivity index (χ1n) is 9.17. The fourth-order valence-electron chi connectivity index (χ4n) is 2.95. The van der Waals surface area contributed by atoms with E-state index < -0.39 is 10.0 Å². The van der Waals surface area contributed by atoms with Crippen molar-refractivity contribution in [2.75, 3.05) is 0 Å². The van der Waals surface area contributed by atoms with E-state index in [1.54, 1.807) is 6.07 Å². The molecular formula is C19H25N5O2S2. The quantitative estimate of drug-likeness (QED) is 0.464. The fraction of sp³-hybridized carbons (Fsp3) is 0.421. The second-order valence-electron chi connectivity index (χ2n) is 6.82. The molecule has 150 valence electrons. The molecule has 2 N–H and O–H groups in total. The second kappa shape index (κ2) is 8.18. The lowest BCUT2D eigenvalue weighted by atomic mass is 10.2. The first-order chi connectivity index (χ1) is 13.2. The monoisotopic (exact) mass is 419 g/mol. The number of aromatic nitrogens is 4. The Bertz CT molecular complexity index is 1100. The van der Waals surface area contributed by atoms with Crippen molar-refractivity contribution >= 4 is 32.8 Å². The van der Waals surface area contributed by atoms with Crippen molar-refractivity contribution in [3.8, 4) is 0 Å². The summed E-state index contributed by atoms with van der Waals surface area (Å²) >= 11 is 1.53. The van der Waals surface area contributed by atoms with Crippen LogP contribution in [0.3, 0.4) is 0 Å². The van der Waals surface area contributed by atoms with Crippen LogP contribution in [0.4, 0.5) is 0 Å². The number of benzene rings is 1. The number of rotatable bonds is 7. The molecule has 0 bridgehead atoms. The molecule has 0 saturated carbocycles. The number of aryl methyl sites for hydroxylation is 3. The summed E-state index contributed by atoms with van der Waals surface area (Å²) in [7, 11) is -3.76. The summed E-state index contributed by atoms with van der Waals surface area (Å²) in [5, 5.41) is 5.99. The van der Waals surface area contributed by atoms with Crippen LogP contribution in [-0.4, -0.2) is 27.9 Å². The molecule has 9 heteroatoms. The third kappa shape index (κ3) is 4.37. The van der Waals surface area contributed by atoms with Gasteiger partial charge in [-0.25, -0.2) is 28.5 Å². The average molecular weight is 420 g/mol. The van der Waals surface area contributed by atoms with Gasteiger partial charge in [0.2, 0.25) is 10.0 Å². The van der Waals surface area contributed by atoms with Crippen molar-refractivity contribution in [3.05, 3.63) is 41.0 Å². The summed E-state index contributed by atoms with van der Waals surface area (Å²) in [5.74, 6) is 1.48. The molecule has 0 saturated heterocycles. The minimum Gasteiger partial charge on any atom is -0.327 e. The first kappa shape index (κ1) is 20.8. The highest BCUT2D eigenvalue weighted by Crippen LogP contribution is 2.26. The van der Waals surface area contributed by atoms with E-state index in [0.29, 0.717) is 11.3 Å². The average Bonchev–Trinajstić information content (AvgIpc) is 2.98. The highest BCUT2D eigenvalue weighted by molar-refractivity contribution is 7.98. The molecule has 0 atom stereocenters. The maximum Gasteiger partial charge on any atom is 0.238 e. The SMILES string of the molecule is CCCCn1c(CSc2nc(C)c(C)c(C)n2)nc2cc(S(N)(=O)=O)ccc21. The van der Waals surface area contributed by atoms with E-state index in [1.165, 1.54) is 23.9 Å². The maximum atomic E-state index is 11.7. The van der Waals surface area contributed by atoms with Gasteiger partial charge in [0.1, 0.15) is 5.82 Å². The number of hydrogen-bond acceptors (Lipinski definition) is 6. The Kier molecular flexibility index (Phi) is 6.07. The molecule has 0 spiro atoms. The Morgan fingerprint density at radius 1 is 1.11 bits per heavy atom. The number of nitrogens with zero attached hydrogens (tertiary/aromatic N) is 4. The summed E-state index contributed by atoms with van der Waals surface area (Å²) in [4.78, 5) is 13.9. The highest BCUT2D eigenvalue weighted by Gasteiger charge is 2.16. The van der Waals surface area contributed by atoms with Crippen molar-refractivity contribution in [2.24, 2.45) is 5.14 Å². The van der Waals surface area contributed by atoms with Gasteiger partial charge >= 0.3 is 0 Å². The number of imidazole rings is 1. The molecule has 28 heavy (non-hydrogen) atoms. The van der Waals surface area contributed by atoms with Crippen molar-refractivity contribution in [1.29, 1.82) is 0 Å². The first-order valence-corrected chi connectivity index (χ1v) is 11.7. The lowest BCUT2D eigenvalue weighted by molar-refractivity contribution is 0.598. The van der Waals surface area contributed by atoms with Gasteiger partial charge in [-0.05, 0) is 51.0 Å². The molecule has 2 aromatic heterocycles. The van der Waals surface area contributed by atoms with Crippen LogP contribution >= 0.6 is 11.8 Å². The van der Waals surface area contributed by atoms with E-state index >= 15 is 0 Å². The van der Waals surface area contributed by atoms with Gasteiger partial charge in [0.05, 0.1) is 21.7 Å². The van der Waals surface area contributed by atoms with Crippen molar-refractivity contribution < 1.29 is 8.42 Å². The van der Waals surface area contributed by atoms with Gasteiger partial charge in [-0.2, -0.15) is 0 Å². The lowest BCUT2D eigenvalue weighted by Gasteiger charge is -2.09. The lowest BCUT2D eigenvalue weighted by Crippen LogP contribution is -2.11. The van der Waals surface area contributed by atoms with Crippen LogP contribution < -0.4 is 5.14 Å². The van der Waals surface area contributed by atoms with Crippen LogP contribution in [0.25, 0.3) is 11.0 Å². The fourth-order valence-corrected chi connectivity index (χ4v) is 4.36. The van der Waals surface area contributed by atoms with Crippen LogP contribution in [0, 0.1) is 20.8 Å². The number of unbranched alkanes of at least 4 members (excludes halogenated alkanes) is 1. The molecule has 0 aliphatic rings. The minimum atomic E-state index is -3.76. The second-order valence-corrected chi connectivity index (χ2v) is 9.32. The molecule has 0 aliphatic carbocycles. The number of sulfonamides is 1. The molecule has 3 aromatic rings. The van der Waals surface area contributed by atoms with E-state index in [2.05, 4.69) is 26.4 Å². The van der Waals surface area contributed by atoms with Crippen LogP contribution in [-0.2, 0) is 22.3 Å². The van der Waals surface area contributed by atoms with Crippen molar-refractivity contribution in [2.45, 2.75) is 62.9 Å². The molecule has 0 radical (unpaired) electrons. The Morgan fingerprint density at radius 3 is 2.39 bits per heavy atom. The van der Waals surface area contributed by atoms with E-state index in [4.69, 9.17) is 5.14 Å². The zero-order valence-electron chi connectivity index (χ0n) is 16.6. The van der Waals surface area contributed by atoms with E-state index in [0.717, 1.165) is 52.8 Å². The zero-order chi connectivity index (χ0) is 20.5. The Labute approximate surface area is 169 Å². The van der Waals surface area contributed by atoms with Gasteiger partial charge < -0.3 is 4.57 Å². The summed E-state index contributed by atoms with van der Waals surface area (Å²) in [6.07, 6.45) is 2.07. The molecule has 0 fully saturated rings. The molecule has 0 aliphatic heterocycles. The smallest absolute Gasteiger partial charge is 0.238 e. The number of hydrogen-bond donors (Lipinski definition) is 1. The summed E-state index contributed by atoms with van der Waals surface area (Å²) in [5.41, 5.74) is 4.61. The van der Waals surface area contributed by atoms with Crippen molar-refractivity contribution in [1.82, 2.24) is 19.5 Å². The standard InChI is InChI=1S/C19H25N5O2S2/c1-5-6-9-24-17-8-7-15(28(20,25)26)10-16(17)23-18(24)11-27-19-21-13(3)12(2)14(4)22-19/h7-8,10H,5-6,9,11H2,1-4H3,(H2,20,25,26). The predicted octanol–water partition coefficient (Wildman–Crippen LogP) is 3.49. The highest BCUT2D eigenvalue weighted by atomic mass is 32.2. The van der Waals surface area contributed by atoms with Gasteiger partial charge in [0.25, 0.3) is 0 Å². The Hall–Kier alpha value is -1.97. The molecule has 1 aromatic carbocycles. The topological polar surface area (TPSA) is 104 Å². The molecule has 2 heterocycles. The predicted molar refractivity (Wildman–Crippen MR) is 112 cm³/mol. The summed E-state index contributed by atoms with van der Waals surface area (Å²) < 4.78 is 25.5. The number of primary sulfonamides is 1. The molecule has 0 amide bonds. The molecule has 0 unspecified atom stereocenters. The minimum absolute atomic E-state index is 0.0764. The van der Waals surface area contributed by atoms with Gasteiger partial charge in [-0.1, -0.05) is 25.1 Å². The Balaban J connectivity index is 1.96. The molecule has 3 rings (SSSR count). The van der Waals surface area contributed by atoms with Crippen LogP contribution in [0.1, 0.15) is 42.5 Å². The molecule has 7 nitrogen and oxygen atoms in total. The number of fused-ring (bicyclic) bond motifs is 1. The third-order valence-electron chi connectivity index (χ3n) is 4.81. The van der Waals surface area contributed by atoms with Gasteiger partial charge in [-0.3, -0.25) is 0 Å². The Morgan fingerprint density at radius 2 is 1.79 bits per heavy atom. The summed E-state index contributed by atoms with van der Waals surface area (Å²) in [6.45, 7) is 8.95. The van der Waals surface area contributed by atoms with Gasteiger partial charge in [-0.15, -0.1) is 0 Å². The van der Waals surface area contributed by atoms with E-state index in [-0.39, 0.29) is 4.90 Å². The van der Waals surface area contributed by atoms with E-state index in [1.807, 2.05) is 20.8 Å². The number of nitrogens with two attached hydrogens (primary N) is 1. The maximum absolute atomic E-state index is 11.7. The largest absolute Gasteiger partial charge is 0.327 e. The van der Waals surface area contributed by atoms with Gasteiger partial charge in [0, 0.05) is 17.9 Å². The summed E-state index contributed by atoms with van der Waals surface area (Å²) in [6, 6.07) is 4.86. The van der Waals surface area contributed by atoms with E-state index in [9.17, 15) is 8.42 Å². The number of thioether (sulfide) groups is 1. The zero-order valence-corrected chi connectivity index (χ0v) is 18.2. The van der Waals surface area contributed by atoms with Crippen LogP contribution in [0.15, 0.2) is 28.3 Å². The van der Waals surface area contributed by atoms with Crippen LogP contribution in [0.2, 0.25) is 0 Å². The third-order valence-corrected chi connectivity index (χ3v) is 6.56.